The molecule has 0 aromatic rings. The van der Waals surface area contributed by atoms with Gasteiger partial charge in [-0.05, 0) is 31.1 Å². The number of nitrogens with two attached hydrogens (primary N) is 1. The lowest BCUT2D eigenvalue weighted by molar-refractivity contribution is -0.141. The van der Waals surface area contributed by atoms with Crippen LogP contribution in [0.5, 0.6) is 0 Å². The van der Waals surface area contributed by atoms with Crippen molar-refractivity contribution in [3.05, 3.63) is 0 Å². The summed E-state index contributed by atoms with van der Waals surface area (Å²) in [6, 6.07) is -1.14. The molecule has 1 aliphatic rings. The Balaban J connectivity index is 2.30. The van der Waals surface area contributed by atoms with Crippen molar-refractivity contribution in [2.75, 3.05) is 0 Å². The summed E-state index contributed by atoms with van der Waals surface area (Å²) < 4.78 is 0. The number of hydrogen-bond donors (Lipinski definition) is 3. The van der Waals surface area contributed by atoms with Crippen molar-refractivity contribution in [2.45, 2.75) is 38.3 Å². The van der Waals surface area contributed by atoms with E-state index in [9.17, 15) is 9.90 Å². The van der Waals surface area contributed by atoms with Gasteiger partial charge in [-0.25, -0.2) is 0 Å². The molecule has 0 radical (unpaired) electrons. The fourth-order valence-electron chi connectivity index (χ4n) is 1.55. The van der Waals surface area contributed by atoms with Gasteiger partial charge in [0.1, 0.15) is 6.04 Å². The van der Waals surface area contributed by atoms with Crippen molar-refractivity contribution >= 4 is 5.97 Å². The fourth-order valence-corrected chi connectivity index (χ4v) is 1.55. The van der Waals surface area contributed by atoms with E-state index in [0.717, 1.165) is 0 Å². The van der Waals surface area contributed by atoms with Crippen LogP contribution in [0.25, 0.3) is 0 Å². The third-order valence-corrected chi connectivity index (χ3v) is 2.74. The van der Waals surface area contributed by atoms with E-state index >= 15 is 0 Å². The molecule has 3 unspecified atom stereocenters. The number of carboxylic acid groups (broad SMARTS) is 1. The first kappa shape index (κ1) is 10.5. The number of carbonyl (C=O) groups is 1. The molecule has 4 N–H and O–H groups in total. The standard InChI is InChI=1S/C9H17NO3/c1-5(6-2-3-6)4-7(11)8(10)9(12)13/h5-8,11H,2-4,10H2,1H3,(H,12,13). The summed E-state index contributed by atoms with van der Waals surface area (Å²) in [6.07, 6.45) is 2.00. The van der Waals surface area contributed by atoms with Gasteiger partial charge < -0.3 is 15.9 Å². The minimum atomic E-state index is -1.14. The zero-order chi connectivity index (χ0) is 10.0. The number of carboxylic acids is 1. The summed E-state index contributed by atoms with van der Waals surface area (Å²) in [5.74, 6) is -0.0634. The maximum atomic E-state index is 10.4. The minimum Gasteiger partial charge on any atom is -0.480 e. The van der Waals surface area contributed by atoms with E-state index in [1.807, 2.05) is 6.92 Å². The van der Waals surface area contributed by atoms with Gasteiger partial charge in [0, 0.05) is 0 Å². The number of aliphatic carboxylic acids is 1. The molecule has 0 aromatic heterocycles. The van der Waals surface area contributed by atoms with Gasteiger partial charge in [0.05, 0.1) is 6.10 Å². The van der Waals surface area contributed by atoms with Gasteiger partial charge in [-0.2, -0.15) is 0 Å². The van der Waals surface area contributed by atoms with Crippen molar-refractivity contribution in [3.8, 4) is 0 Å². The third-order valence-electron chi connectivity index (χ3n) is 2.74. The largest absolute Gasteiger partial charge is 0.480 e. The highest BCUT2D eigenvalue weighted by molar-refractivity contribution is 5.73. The summed E-state index contributed by atoms with van der Waals surface area (Å²) in [6.45, 7) is 2.04. The van der Waals surface area contributed by atoms with E-state index in [2.05, 4.69) is 0 Å². The lowest BCUT2D eigenvalue weighted by Crippen LogP contribution is -2.42. The van der Waals surface area contributed by atoms with E-state index in [0.29, 0.717) is 18.3 Å². The number of rotatable bonds is 5. The number of aliphatic hydroxyl groups is 1. The topological polar surface area (TPSA) is 83.5 Å². The molecule has 1 aliphatic carbocycles. The molecular weight excluding hydrogens is 170 g/mol. The highest BCUT2D eigenvalue weighted by atomic mass is 16.4. The summed E-state index contributed by atoms with van der Waals surface area (Å²) in [4.78, 5) is 10.4. The molecule has 0 amide bonds. The van der Waals surface area contributed by atoms with E-state index < -0.39 is 18.1 Å². The van der Waals surface area contributed by atoms with Crippen LogP contribution in [0.3, 0.4) is 0 Å². The molecule has 0 bridgehead atoms. The molecule has 3 atom stereocenters. The minimum absolute atomic E-state index is 0.389. The molecule has 0 aromatic carbocycles. The first-order chi connectivity index (χ1) is 6.02. The lowest BCUT2D eigenvalue weighted by Gasteiger charge is -2.18. The van der Waals surface area contributed by atoms with E-state index in [-0.39, 0.29) is 0 Å². The van der Waals surface area contributed by atoms with E-state index in [1.165, 1.54) is 12.8 Å². The van der Waals surface area contributed by atoms with Gasteiger partial charge in [-0.15, -0.1) is 0 Å². The van der Waals surface area contributed by atoms with Gasteiger partial charge in [0.2, 0.25) is 0 Å². The Labute approximate surface area is 77.7 Å². The van der Waals surface area contributed by atoms with Gasteiger partial charge in [-0.1, -0.05) is 6.92 Å². The van der Waals surface area contributed by atoms with Crippen molar-refractivity contribution in [1.29, 1.82) is 0 Å². The molecule has 0 heterocycles. The molecule has 1 saturated carbocycles. The van der Waals surface area contributed by atoms with Crippen molar-refractivity contribution in [2.24, 2.45) is 17.6 Å². The molecule has 1 rings (SSSR count). The number of aliphatic hydroxyl groups excluding tert-OH is 1. The van der Waals surface area contributed by atoms with Crippen LogP contribution < -0.4 is 5.73 Å². The van der Waals surface area contributed by atoms with Crippen molar-refractivity contribution in [1.82, 2.24) is 0 Å². The van der Waals surface area contributed by atoms with Crippen LogP contribution in [0.1, 0.15) is 26.2 Å². The van der Waals surface area contributed by atoms with Crippen LogP contribution in [0.15, 0.2) is 0 Å². The van der Waals surface area contributed by atoms with Crippen LogP contribution >= 0.6 is 0 Å². The molecule has 76 valence electrons. The first-order valence-corrected chi connectivity index (χ1v) is 4.68. The fraction of sp³-hybridized carbons (Fsp3) is 0.889. The van der Waals surface area contributed by atoms with E-state index in [1.54, 1.807) is 0 Å². The van der Waals surface area contributed by atoms with Crippen LogP contribution in [0, 0.1) is 11.8 Å². The molecule has 0 aliphatic heterocycles. The second-order valence-corrected chi connectivity index (χ2v) is 3.98. The average Bonchev–Trinajstić information content (AvgIpc) is 2.84. The van der Waals surface area contributed by atoms with Crippen molar-refractivity contribution in [3.63, 3.8) is 0 Å². The summed E-state index contributed by atoms with van der Waals surface area (Å²) in [5.41, 5.74) is 5.28. The van der Waals surface area contributed by atoms with Crippen LogP contribution in [-0.4, -0.2) is 28.3 Å². The summed E-state index contributed by atoms with van der Waals surface area (Å²) in [5, 5.41) is 18.0. The number of hydrogen-bond acceptors (Lipinski definition) is 3. The molecule has 13 heavy (non-hydrogen) atoms. The quantitative estimate of drug-likeness (QED) is 0.574. The maximum absolute atomic E-state index is 10.4. The Morgan fingerprint density at radius 3 is 2.54 bits per heavy atom. The van der Waals surface area contributed by atoms with Gasteiger partial charge >= 0.3 is 5.97 Å². The van der Waals surface area contributed by atoms with Gasteiger partial charge in [-0.3, -0.25) is 4.79 Å². The molecular formula is C9H17NO3. The van der Waals surface area contributed by atoms with Gasteiger partial charge in [0.25, 0.3) is 0 Å². The van der Waals surface area contributed by atoms with Crippen LogP contribution in [0.4, 0.5) is 0 Å². The maximum Gasteiger partial charge on any atom is 0.323 e. The Bertz CT molecular complexity index is 191. The SMILES string of the molecule is CC(CC(O)C(N)C(=O)O)C1CC1. The summed E-state index contributed by atoms with van der Waals surface area (Å²) in [7, 11) is 0. The van der Waals surface area contributed by atoms with E-state index in [4.69, 9.17) is 10.8 Å². The molecule has 0 spiro atoms. The molecule has 1 fully saturated rings. The zero-order valence-electron chi connectivity index (χ0n) is 7.81. The van der Waals surface area contributed by atoms with Crippen LogP contribution in [0.2, 0.25) is 0 Å². The first-order valence-electron chi connectivity index (χ1n) is 4.68. The lowest BCUT2D eigenvalue weighted by atomic mass is 9.95. The molecule has 0 saturated heterocycles. The second-order valence-electron chi connectivity index (χ2n) is 3.98. The smallest absolute Gasteiger partial charge is 0.323 e. The average molecular weight is 187 g/mol. The third kappa shape index (κ3) is 2.97. The normalized spacial score (nSPS) is 23.6. The molecule has 4 heteroatoms. The zero-order valence-corrected chi connectivity index (χ0v) is 7.81. The Morgan fingerprint density at radius 1 is 1.62 bits per heavy atom. The Kier molecular flexibility index (Phi) is 3.27. The Morgan fingerprint density at radius 2 is 2.15 bits per heavy atom. The highest BCUT2D eigenvalue weighted by Gasteiger charge is 2.32. The monoisotopic (exact) mass is 187 g/mol. The van der Waals surface area contributed by atoms with Crippen LogP contribution in [-0.2, 0) is 4.79 Å². The second kappa shape index (κ2) is 4.07. The predicted molar refractivity (Wildman–Crippen MR) is 48.1 cm³/mol. The van der Waals surface area contributed by atoms with Gasteiger partial charge in [0.15, 0.2) is 0 Å². The highest BCUT2D eigenvalue weighted by Crippen LogP contribution is 2.38. The van der Waals surface area contributed by atoms with Crippen molar-refractivity contribution < 1.29 is 15.0 Å². The summed E-state index contributed by atoms with van der Waals surface area (Å²) >= 11 is 0. The molecule has 4 nitrogen and oxygen atoms in total. The predicted octanol–water partition coefficient (Wildman–Crippen LogP) is 0.195. The Hall–Kier alpha value is -0.610.